The first-order valence-corrected chi connectivity index (χ1v) is 6.33. The molecule has 0 unspecified atom stereocenters. The molecule has 2 rings (SSSR count). The number of hydrogen-bond donors (Lipinski definition) is 1. The summed E-state index contributed by atoms with van der Waals surface area (Å²) in [5.41, 5.74) is 2.38. The summed E-state index contributed by atoms with van der Waals surface area (Å²) in [6.07, 6.45) is 2.97. The van der Waals surface area contributed by atoms with Crippen molar-refractivity contribution in [2.24, 2.45) is 0 Å². The van der Waals surface area contributed by atoms with E-state index in [9.17, 15) is 4.79 Å². The van der Waals surface area contributed by atoms with Gasteiger partial charge in [-0.3, -0.25) is 9.78 Å². The predicted octanol–water partition coefficient (Wildman–Crippen LogP) is 3.01. The summed E-state index contributed by atoms with van der Waals surface area (Å²) in [6, 6.07) is 3.41. The highest BCUT2D eigenvalue weighted by molar-refractivity contribution is 6.31. The summed E-state index contributed by atoms with van der Waals surface area (Å²) >= 11 is 6.02. The van der Waals surface area contributed by atoms with Crippen LogP contribution in [0, 0.1) is 13.8 Å². The third-order valence-electron chi connectivity index (χ3n) is 2.74. The van der Waals surface area contributed by atoms with Crippen molar-refractivity contribution in [2.45, 2.75) is 13.8 Å². The Balaban J connectivity index is 2.27. The molecule has 0 spiro atoms. The van der Waals surface area contributed by atoms with Gasteiger partial charge in [-0.1, -0.05) is 11.6 Å². The molecule has 6 heteroatoms. The lowest BCUT2D eigenvalue weighted by Crippen LogP contribution is -2.15. The second kappa shape index (κ2) is 5.88. The molecule has 1 heterocycles. The second-order valence-electron chi connectivity index (χ2n) is 4.30. The molecule has 0 bridgehead atoms. The first-order chi connectivity index (χ1) is 9.51. The Morgan fingerprint density at radius 1 is 1.25 bits per heavy atom. The van der Waals surface area contributed by atoms with Gasteiger partial charge in [0.05, 0.1) is 24.7 Å². The molecule has 1 amide bonds. The molecular formula is C14H14ClN3O2. The van der Waals surface area contributed by atoms with Gasteiger partial charge in [0.25, 0.3) is 5.91 Å². The van der Waals surface area contributed by atoms with E-state index in [0.29, 0.717) is 16.5 Å². The number of rotatable bonds is 3. The number of methoxy groups -OCH3 is 1. The molecule has 1 N–H and O–H groups in total. The van der Waals surface area contributed by atoms with Crippen LogP contribution in [0.2, 0.25) is 5.02 Å². The van der Waals surface area contributed by atoms with E-state index in [1.807, 2.05) is 6.92 Å². The SMILES string of the molecule is COc1cc(Cl)c(C)cc1NC(=O)c1cnc(C)cn1. The van der Waals surface area contributed by atoms with Crippen molar-refractivity contribution in [2.75, 3.05) is 12.4 Å². The van der Waals surface area contributed by atoms with Crippen molar-refractivity contribution >= 4 is 23.2 Å². The molecule has 104 valence electrons. The molecule has 2 aromatic rings. The van der Waals surface area contributed by atoms with Gasteiger partial charge in [0, 0.05) is 17.3 Å². The van der Waals surface area contributed by atoms with Gasteiger partial charge in [0.2, 0.25) is 0 Å². The lowest BCUT2D eigenvalue weighted by molar-refractivity contribution is 0.102. The molecule has 0 radical (unpaired) electrons. The maximum Gasteiger partial charge on any atom is 0.275 e. The van der Waals surface area contributed by atoms with Crippen LogP contribution in [0.1, 0.15) is 21.7 Å². The van der Waals surface area contributed by atoms with E-state index in [0.717, 1.165) is 11.3 Å². The van der Waals surface area contributed by atoms with Gasteiger partial charge in [0.1, 0.15) is 11.4 Å². The number of amides is 1. The molecule has 0 aliphatic carbocycles. The zero-order chi connectivity index (χ0) is 14.7. The lowest BCUT2D eigenvalue weighted by Gasteiger charge is -2.12. The number of hydrogen-bond acceptors (Lipinski definition) is 4. The van der Waals surface area contributed by atoms with Crippen LogP contribution in [0.25, 0.3) is 0 Å². The van der Waals surface area contributed by atoms with Crippen LogP contribution >= 0.6 is 11.6 Å². The number of nitrogens with one attached hydrogen (secondary N) is 1. The van der Waals surface area contributed by atoms with Gasteiger partial charge < -0.3 is 10.1 Å². The molecule has 0 saturated carbocycles. The Kier molecular flexibility index (Phi) is 4.20. The minimum atomic E-state index is -0.350. The molecule has 0 aliphatic heterocycles. The Bertz CT molecular complexity index is 642. The van der Waals surface area contributed by atoms with Crippen molar-refractivity contribution in [3.8, 4) is 5.75 Å². The van der Waals surface area contributed by atoms with E-state index in [1.54, 1.807) is 25.3 Å². The highest BCUT2D eigenvalue weighted by atomic mass is 35.5. The largest absolute Gasteiger partial charge is 0.495 e. The van der Waals surface area contributed by atoms with Gasteiger partial charge in [-0.25, -0.2) is 4.98 Å². The van der Waals surface area contributed by atoms with Crippen molar-refractivity contribution in [1.82, 2.24) is 9.97 Å². The van der Waals surface area contributed by atoms with Gasteiger partial charge in [-0.2, -0.15) is 0 Å². The van der Waals surface area contributed by atoms with Gasteiger partial charge in [-0.15, -0.1) is 0 Å². The Hall–Kier alpha value is -2.14. The summed E-state index contributed by atoms with van der Waals surface area (Å²) in [4.78, 5) is 20.2. The van der Waals surface area contributed by atoms with Crippen LogP contribution in [0.5, 0.6) is 5.75 Å². The minimum absolute atomic E-state index is 0.241. The van der Waals surface area contributed by atoms with Crippen LogP contribution in [-0.2, 0) is 0 Å². The van der Waals surface area contributed by atoms with Crippen molar-refractivity contribution in [3.63, 3.8) is 0 Å². The molecule has 0 fully saturated rings. The summed E-state index contributed by atoms with van der Waals surface area (Å²) in [6.45, 7) is 3.66. The molecule has 0 saturated heterocycles. The number of carbonyl (C=O) groups is 1. The van der Waals surface area contributed by atoms with Gasteiger partial charge in [0.15, 0.2) is 0 Å². The second-order valence-corrected chi connectivity index (χ2v) is 4.71. The quantitative estimate of drug-likeness (QED) is 0.944. The van der Waals surface area contributed by atoms with Gasteiger partial charge >= 0.3 is 0 Å². The highest BCUT2D eigenvalue weighted by Gasteiger charge is 2.13. The maximum atomic E-state index is 12.1. The van der Waals surface area contributed by atoms with Crippen LogP contribution in [0.3, 0.4) is 0 Å². The fourth-order valence-corrected chi connectivity index (χ4v) is 1.78. The maximum absolute atomic E-state index is 12.1. The zero-order valence-electron chi connectivity index (χ0n) is 11.4. The smallest absolute Gasteiger partial charge is 0.275 e. The first-order valence-electron chi connectivity index (χ1n) is 5.95. The topological polar surface area (TPSA) is 64.1 Å². The molecule has 0 atom stereocenters. The fraction of sp³-hybridized carbons (Fsp3) is 0.214. The van der Waals surface area contributed by atoms with E-state index >= 15 is 0 Å². The number of anilines is 1. The lowest BCUT2D eigenvalue weighted by atomic mass is 10.2. The number of nitrogens with zero attached hydrogens (tertiary/aromatic N) is 2. The Morgan fingerprint density at radius 3 is 2.60 bits per heavy atom. The average molecular weight is 292 g/mol. The normalized spacial score (nSPS) is 10.2. The number of carbonyl (C=O) groups excluding carboxylic acids is 1. The van der Waals surface area contributed by atoms with Crippen LogP contribution in [-0.4, -0.2) is 23.0 Å². The standard InChI is InChI=1S/C14H14ClN3O2/c1-8-4-11(13(20-3)5-10(8)15)18-14(19)12-7-16-9(2)6-17-12/h4-7H,1-3H3,(H,18,19). The molecular weight excluding hydrogens is 278 g/mol. The van der Waals surface area contributed by atoms with Gasteiger partial charge in [-0.05, 0) is 25.5 Å². The van der Waals surface area contributed by atoms with E-state index in [1.165, 1.54) is 13.3 Å². The first kappa shape index (κ1) is 14.3. The van der Waals surface area contributed by atoms with Crippen LogP contribution in [0.4, 0.5) is 5.69 Å². The monoisotopic (exact) mass is 291 g/mol. The molecule has 1 aromatic heterocycles. The summed E-state index contributed by atoms with van der Waals surface area (Å²) in [7, 11) is 1.52. The van der Waals surface area contributed by atoms with E-state index in [2.05, 4.69) is 15.3 Å². The fourth-order valence-electron chi connectivity index (χ4n) is 1.63. The van der Waals surface area contributed by atoms with E-state index in [4.69, 9.17) is 16.3 Å². The third kappa shape index (κ3) is 3.05. The van der Waals surface area contributed by atoms with Crippen molar-refractivity contribution < 1.29 is 9.53 Å². The number of aromatic nitrogens is 2. The van der Waals surface area contributed by atoms with E-state index in [-0.39, 0.29) is 11.6 Å². The highest BCUT2D eigenvalue weighted by Crippen LogP contribution is 2.31. The van der Waals surface area contributed by atoms with Crippen LogP contribution < -0.4 is 10.1 Å². The number of halogens is 1. The minimum Gasteiger partial charge on any atom is -0.495 e. The third-order valence-corrected chi connectivity index (χ3v) is 3.15. The Morgan fingerprint density at radius 2 is 2.00 bits per heavy atom. The summed E-state index contributed by atoms with van der Waals surface area (Å²) in [5, 5.41) is 3.32. The summed E-state index contributed by atoms with van der Waals surface area (Å²) < 4.78 is 5.20. The molecule has 0 aliphatic rings. The number of aryl methyl sites for hydroxylation is 2. The molecule has 5 nitrogen and oxygen atoms in total. The Labute approximate surface area is 122 Å². The summed E-state index contributed by atoms with van der Waals surface area (Å²) in [5.74, 6) is 0.145. The number of benzene rings is 1. The number of ether oxygens (including phenoxy) is 1. The van der Waals surface area contributed by atoms with Crippen molar-refractivity contribution in [1.29, 1.82) is 0 Å². The predicted molar refractivity (Wildman–Crippen MR) is 77.5 cm³/mol. The van der Waals surface area contributed by atoms with Crippen LogP contribution in [0.15, 0.2) is 24.5 Å². The molecule has 20 heavy (non-hydrogen) atoms. The molecule has 1 aromatic carbocycles. The van der Waals surface area contributed by atoms with Crippen molar-refractivity contribution in [3.05, 3.63) is 46.5 Å². The van der Waals surface area contributed by atoms with E-state index < -0.39 is 0 Å². The average Bonchev–Trinajstić information content (AvgIpc) is 2.43. The zero-order valence-corrected chi connectivity index (χ0v) is 12.2.